The van der Waals surface area contributed by atoms with Crippen LogP contribution >= 0.6 is 0 Å². The summed E-state index contributed by atoms with van der Waals surface area (Å²) in [6.07, 6.45) is 1.54. The quantitative estimate of drug-likeness (QED) is 0.470. The Balaban J connectivity index is 3.17. The molecule has 0 aromatic rings. The number of nitroso groups, excluding NO2 is 2. The molecule has 0 bridgehead atoms. The Morgan fingerprint density at radius 2 is 1.33 bits per heavy atom. The molecule has 0 amide bonds. The van der Waals surface area contributed by atoms with Gasteiger partial charge in [0.1, 0.15) is 0 Å². The second-order valence-electron chi connectivity index (χ2n) is 0.509. The molecule has 0 atom stereocenters. The lowest BCUT2D eigenvalue weighted by molar-refractivity contribution is 1.44. The number of hydrogen-bond acceptors (Lipinski definition) is 4. The Bertz CT molecular complexity index is 67.6. The molecule has 0 radical (unpaired) electrons. The van der Waals surface area contributed by atoms with Crippen LogP contribution in [0, 0.1) is 9.81 Å². The van der Waals surface area contributed by atoms with Crippen LogP contribution in [-0.4, -0.2) is 0 Å². The lowest BCUT2D eigenvalue weighted by atomic mass is 11.0. The van der Waals surface area contributed by atoms with Crippen LogP contribution in [-0.2, 0) is 0 Å². The molecule has 4 heteroatoms. The van der Waals surface area contributed by atoms with Crippen molar-refractivity contribution in [2.45, 2.75) is 0 Å². The predicted octanol–water partition coefficient (Wildman–Crippen LogP) is 0.990. The van der Waals surface area contributed by atoms with E-state index < -0.39 is 0 Å². The van der Waals surface area contributed by atoms with Crippen molar-refractivity contribution >= 4 is 0 Å². The Labute approximate surface area is 33.8 Å². The summed E-state index contributed by atoms with van der Waals surface area (Å²) in [7, 11) is 0. The summed E-state index contributed by atoms with van der Waals surface area (Å²) in [4.78, 5) is 18.1. The molecular weight excluding hydrogens is 84.0 g/mol. The minimum atomic E-state index is 0.771. The van der Waals surface area contributed by atoms with Crippen molar-refractivity contribution in [3.8, 4) is 0 Å². The van der Waals surface area contributed by atoms with E-state index in [1.54, 1.807) is 0 Å². The smallest absolute Gasteiger partial charge is 0.0933 e. The molecule has 0 aliphatic carbocycles. The Hall–Kier alpha value is -1.06. The summed E-state index contributed by atoms with van der Waals surface area (Å²) in [6.45, 7) is 0. The zero-order valence-corrected chi connectivity index (χ0v) is 2.87. The van der Waals surface area contributed by atoms with E-state index in [0.717, 1.165) is 12.4 Å². The zero-order chi connectivity index (χ0) is 4.83. The fourth-order valence-electron chi connectivity index (χ4n) is 0.0544. The SMILES string of the molecule is O=N/C=C\N=O. The van der Waals surface area contributed by atoms with Gasteiger partial charge in [0.25, 0.3) is 0 Å². The second-order valence-corrected chi connectivity index (χ2v) is 0.509. The molecule has 0 heterocycles. The van der Waals surface area contributed by atoms with E-state index in [0.29, 0.717) is 0 Å². The highest BCUT2D eigenvalue weighted by Gasteiger charge is 1.57. The van der Waals surface area contributed by atoms with Gasteiger partial charge in [0.2, 0.25) is 0 Å². The average molecular weight is 86.0 g/mol. The lowest BCUT2D eigenvalue weighted by Crippen LogP contribution is -1.38. The van der Waals surface area contributed by atoms with Gasteiger partial charge in [-0.05, 0) is 10.4 Å². The summed E-state index contributed by atoms with van der Waals surface area (Å²) >= 11 is 0. The van der Waals surface area contributed by atoms with Crippen LogP contribution < -0.4 is 0 Å². The third-order valence-corrected chi connectivity index (χ3v) is 0.188. The van der Waals surface area contributed by atoms with E-state index in [4.69, 9.17) is 9.81 Å². The lowest BCUT2D eigenvalue weighted by Gasteiger charge is -1.51. The minimum Gasteiger partial charge on any atom is -0.145 e. The van der Waals surface area contributed by atoms with Gasteiger partial charge in [0.15, 0.2) is 0 Å². The molecule has 4 nitrogen and oxygen atoms in total. The fourth-order valence-corrected chi connectivity index (χ4v) is 0.0544. The van der Waals surface area contributed by atoms with Crippen LogP contribution in [0.2, 0.25) is 0 Å². The van der Waals surface area contributed by atoms with E-state index in [2.05, 4.69) is 10.4 Å². The normalized spacial score (nSPS) is 8.67. The van der Waals surface area contributed by atoms with Crippen LogP contribution in [0.1, 0.15) is 0 Å². The van der Waals surface area contributed by atoms with Crippen molar-refractivity contribution < 1.29 is 0 Å². The maximum Gasteiger partial charge on any atom is 0.0933 e. The number of nitrogens with zero attached hydrogens (tertiary/aromatic N) is 2. The monoisotopic (exact) mass is 86.0 g/mol. The van der Waals surface area contributed by atoms with Gasteiger partial charge in [-0.1, -0.05) is 0 Å². The molecule has 0 aromatic carbocycles. The molecular formula is C2H2N2O2. The van der Waals surface area contributed by atoms with E-state index in [1.165, 1.54) is 0 Å². The van der Waals surface area contributed by atoms with E-state index >= 15 is 0 Å². The third-order valence-electron chi connectivity index (χ3n) is 0.188. The molecule has 0 N–H and O–H groups in total. The van der Waals surface area contributed by atoms with Crippen molar-refractivity contribution in [3.63, 3.8) is 0 Å². The Morgan fingerprint density at radius 3 is 1.50 bits per heavy atom. The summed E-state index contributed by atoms with van der Waals surface area (Å²) in [5.41, 5.74) is 0. The average Bonchev–Trinajstić information content (AvgIpc) is 1.61. The van der Waals surface area contributed by atoms with Gasteiger partial charge in [0, 0.05) is 0 Å². The zero-order valence-electron chi connectivity index (χ0n) is 2.87. The molecule has 0 fully saturated rings. The first kappa shape index (κ1) is 4.94. The molecule has 0 unspecified atom stereocenters. The molecule has 0 aliphatic heterocycles. The van der Waals surface area contributed by atoms with Gasteiger partial charge < -0.3 is 0 Å². The van der Waals surface area contributed by atoms with Gasteiger partial charge in [-0.25, -0.2) is 0 Å². The summed E-state index contributed by atoms with van der Waals surface area (Å²) in [6, 6.07) is 0. The minimum absolute atomic E-state index is 0.771. The second kappa shape index (κ2) is 3.94. The first-order valence-electron chi connectivity index (χ1n) is 1.21. The van der Waals surface area contributed by atoms with Gasteiger partial charge >= 0.3 is 0 Å². The van der Waals surface area contributed by atoms with Crippen LogP contribution in [0.4, 0.5) is 0 Å². The van der Waals surface area contributed by atoms with Crippen LogP contribution in [0.25, 0.3) is 0 Å². The largest absolute Gasteiger partial charge is 0.145 e. The standard InChI is InChI=1S/C2H2N2O2/c5-3-1-2-4-6/h1-2H/b2-1-. The predicted molar refractivity (Wildman–Crippen MR) is 20.7 cm³/mol. The number of hydrogen-bond donors (Lipinski definition) is 0. The Kier molecular flexibility index (Phi) is 3.24. The molecule has 0 spiro atoms. The molecule has 0 rings (SSSR count). The van der Waals surface area contributed by atoms with Crippen molar-refractivity contribution in [2.24, 2.45) is 10.4 Å². The highest BCUT2D eigenvalue weighted by atomic mass is 16.3. The van der Waals surface area contributed by atoms with Crippen molar-refractivity contribution in [2.75, 3.05) is 0 Å². The van der Waals surface area contributed by atoms with E-state index in [9.17, 15) is 0 Å². The topological polar surface area (TPSA) is 58.9 Å². The number of rotatable bonds is 2. The van der Waals surface area contributed by atoms with Gasteiger partial charge in [-0.3, -0.25) is 0 Å². The van der Waals surface area contributed by atoms with E-state index in [-0.39, 0.29) is 0 Å². The van der Waals surface area contributed by atoms with Gasteiger partial charge in [0.05, 0.1) is 12.4 Å². The van der Waals surface area contributed by atoms with E-state index in [1.807, 2.05) is 0 Å². The maximum absolute atomic E-state index is 9.03. The Morgan fingerprint density at radius 1 is 1.00 bits per heavy atom. The third kappa shape index (κ3) is 2.94. The first-order chi connectivity index (χ1) is 2.91. The van der Waals surface area contributed by atoms with Crippen molar-refractivity contribution in [1.82, 2.24) is 0 Å². The first-order valence-corrected chi connectivity index (χ1v) is 1.21. The molecule has 0 aromatic heterocycles. The summed E-state index contributed by atoms with van der Waals surface area (Å²) in [5.74, 6) is 0. The highest BCUT2D eigenvalue weighted by molar-refractivity contribution is 4.74. The highest BCUT2D eigenvalue weighted by Crippen LogP contribution is 1.69. The molecule has 0 saturated carbocycles. The summed E-state index contributed by atoms with van der Waals surface area (Å²) < 4.78 is 0. The maximum atomic E-state index is 9.03. The molecule has 32 valence electrons. The van der Waals surface area contributed by atoms with Crippen LogP contribution in [0.5, 0.6) is 0 Å². The van der Waals surface area contributed by atoms with Crippen LogP contribution in [0.3, 0.4) is 0 Å². The molecule has 6 heavy (non-hydrogen) atoms. The molecule has 0 saturated heterocycles. The van der Waals surface area contributed by atoms with Crippen LogP contribution in [0.15, 0.2) is 22.8 Å². The van der Waals surface area contributed by atoms with Gasteiger partial charge in [-0.2, -0.15) is 0 Å². The van der Waals surface area contributed by atoms with Gasteiger partial charge in [-0.15, -0.1) is 9.81 Å². The fraction of sp³-hybridized carbons (Fsp3) is 0. The summed E-state index contributed by atoms with van der Waals surface area (Å²) in [5, 5.41) is 4.40. The van der Waals surface area contributed by atoms with Crippen molar-refractivity contribution in [3.05, 3.63) is 22.2 Å². The molecule has 0 aliphatic rings. The van der Waals surface area contributed by atoms with Crippen molar-refractivity contribution in [1.29, 1.82) is 0 Å².